The van der Waals surface area contributed by atoms with E-state index in [0.717, 1.165) is 12.8 Å². The Morgan fingerprint density at radius 2 is 1.59 bits per heavy atom. The van der Waals surface area contributed by atoms with Gasteiger partial charge >= 0.3 is 0 Å². The van der Waals surface area contributed by atoms with Crippen LogP contribution in [0.5, 0.6) is 5.75 Å². The van der Waals surface area contributed by atoms with Crippen LogP contribution in [-0.2, 0) is 9.59 Å². The highest BCUT2D eigenvalue weighted by Gasteiger charge is 2.07. The zero-order valence-corrected chi connectivity index (χ0v) is 16.2. The lowest BCUT2D eigenvalue weighted by Gasteiger charge is -2.11. The molecule has 0 saturated heterocycles. The smallest absolute Gasteiger partial charge is 0.262 e. The minimum Gasteiger partial charge on any atom is -0.484 e. The van der Waals surface area contributed by atoms with E-state index in [1.54, 1.807) is 24.3 Å². The molecule has 2 aromatic carbocycles. The Hall–Kier alpha value is -2.82. The Kier molecular flexibility index (Phi) is 7.86. The van der Waals surface area contributed by atoms with Crippen molar-refractivity contribution < 1.29 is 14.3 Å². The standard InChI is InChI=1S/C22H28N2O3/c1-4-7-21(25)23-18-8-6-9-19(14-18)24-22(26)15-27-20-12-10-17(11-13-20)16(3)5-2/h6,8-14,16H,4-5,7,15H2,1-3H3,(H,23,25)(H,24,26)/t16-/m1/s1. The molecule has 0 heterocycles. The van der Waals surface area contributed by atoms with E-state index in [4.69, 9.17) is 4.74 Å². The summed E-state index contributed by atoms with van der Waals surface area (Å²) < 4.78 is 5.55. The third-order valence-electron chi connectivity index (χ3n) is 4.34. The first-order valence-electron chi connectivity index (χ1n) is 9.44. The largest absolute Gasteiger partial charge is 0.484 e. The number of amides is 2. The fourth-order valence-electron chi connectivity index (χ4n) is 2.60. The zero-order chi connectivity index (χ0) is 19.6. The van der Waals surface area contributed by atoms with Gasteiger partial charge in [-0.05, 0) is 54.7 Å². The Morgan fingerprint density at radius 3 is 2.19 bits per heavy atom. The van der Waals surface area contributed by atoms with E-state index in [1.165, 1.54) is 5.56 Å². The van der Waals surface area contributed by atoms with Crippen LogP contribution in [0.3, 0.4) is 0 Å². The van der Waals surface area contributed by atoms with Crippen LogP contribution >= 0.6 is 0 Å². The van der Waals surface area contributed by atoms with Gasteiger partial charge in [0.25, 0.3) is 5.91 Å². The predicted molar refractivity (Wildman–Crippen MR) is 109 cm³/mol. The second-order valence-corrected chi connectivity index (χ2v) is 6.59. The lowest BCUT2D eigenvalue weighted by Crippen LogP contribution is -2.20. The normalized spacial score (nSPS) is 11.5. The van der Waals surface area contributed by atoms with Crippen molar-refractivity contribution in [1.29, 1.82) is 0 Å². The average Bonchev–Trinajstić information content (AvgIpc) is 2.66. The number of carbonyl (C=O) groups is 2. The molecule has 0 aliphatic heterocycles. The molecule has 0 bridgehead atoms. The molecule has 0 spiro atoms. The molecule has 2 rings (SSSR count). The fraction of sp³-hybridized carbons (Fsp3) is 0.364. The first-order chi connectivity index (χ1) is 13.0. The van der Waals surface area contributed by atoms with Crippen LogP contribution in [0.1, 0.15) is 51.5 Å². The number of nitrogens with one attached hydrogen (secondary N) is 2. The number of anilines is 2. The lowest BCUT2D eigenvalue weighted by atomic mass is 9.99. The molecule has 1 atom stereocenters. The predicted octanol–water partition coefficient (Wildman–Crippen LogP) is 4.96. The molecule has 0 saturated carbocycles. The highest BCUT2D eigenvalue weighted by molar-refractivity contribution is 5.94. The van der Waals surface area contributed by atoms with Crippen molar-refractivity contribution in [2.24, 2.45) is 0 Å². The molecular weight excluding hydrogens is 340 g/mol. The molecule has 2 aromatic rings. The molecule has 5 nitrogen and oxygen atoms in total. The Labute approximate surface area is 161 Å². The molecule has 5 heteroatoms. The summed E-state index contributed by atoms with van der Waals surface area (Å²) in [5, 5.41) is 5.59. The van der Waals surface area contributed by atoms with Gasteiger partial charge in [-0.15, -0.1) is 0 Å². The van der Waals surface area contributed by atoms with Crippen molar-refractivity contribution >= 4 is 23.2 Å². The molecule has 0 unspecified atom stereocenters. The minimum atomic E-state index is -0.252. The average molecular weight is 368 g/mol. The summed E-state index contributed by atoms with van der Waals surface area (Å²) in [7, 11) is 0. The number of ether oxygens (including phenoxy) is 1. The molecule has 2 N–H and O–H groups in total. The highest BCUT2D eigenvalue weighted by Crippen LogP contribution is 2.21. The van der Waals surface area contributed by atoms with Crippen molar-refractivity contribution in [1.82, 2.24) is 0 Å². The van der Waals surface area contributed by atoms with E-state index >= 15 is 0 Å². The van der Waals surface area contributed by atoms with Gasteiger partial charge in [-0.25, -0.2) is 0 Å². The van der Waals surface area contributed by atoms with E-state index in [1.807, 2.05) is 31.2 Å². The van der Waals surface area contributed by atoms with Gasteiger partial charge in [0.05, 0.1) is 0 Å². The Morgan fingerprint density at radius 1 is 0.963 bits per heavy atom. The summed E-state index contributed by atoms with van der Waals surface area (Å²) in [6.45, 7) is 6.22. The monoisotopic (exact) mass is 368 g/mol. The summed E-state index contributed by atoms with van der Waals surface area (Å²) in [6, 6.07) is 14.9. The Balaban J connectivity index is 1.86. The molecule has 2 amide bonds. The third kappa shape index (κ3) is 6.77. The van der Waals surface area contributed by atoms with E-state index in [9.17, 15) is 9.59 Å². The maximum Gasteiger partial charge on any atom is 0.262 e. The van der Waals surface area contributed by atoms with Crippen molar-refractivity contribution in [3.8, 4) is 5.75 Å². The molecular formula is C22H28N2O3. The maximum atomic E-state index is 12.1. The van der Waals surface area contributed by atoms with E-state index in [0.29, 0.717) is 29.5 Å². The summed E-state index contributed by atoms with van der Waals surface area (Å²) >= 11 is 0. The van der Waals surface area contributed by atoms with Gasteiger partial charge in [-0.1, -0.05) is 39.0 Å². The SMILES string of the molecule is CCCC(=O)Nc1cccc(NC(=O)COc2ccc([C@H](C)CC)cc2)c1. The van der Waals surface area contributed by atoms with Gasteiger partial charge < -0.3 is 15.4 Å². The van der Waals surface area contributed by atoms with Crippen molar-refractivity contribution in [2.45, 2.75) is 46.0 Å². The number of rotatable bonds is 9. The van der Waals surface area contributed by atoms with Crippen LogP contribution < -0.4 is 15.4 Å². The maximum absolute atomic E-state index is 12.1. The van der Waals surface area contributed by atoms with Crippen LogP contribution in [0.4, 0.5) is 11.4 Å². The third-order valence-corrected chi connectivity index (χ3v) is 4.34. The van der Waals surface area contributed by atoms with Crippen LogP contribution in [0.25, 0.3) is 0 Å². The van der Waals surface area contributed by atoms with E-state index in [-0.39, 0.29) is 18.4 Å². The van der Waals surface area contributed by atoms with Crippen molar-refractivity contribution in [3.63, 3.8) is 0 Å². The van der Waals surface area contributed by atoms with Gasteiger partial charge in [0, 0.05) is 17.8 Å². The fourth-order valence-corrected chi connectivity index (χ4v) is 2.60. The van der Waals surface area contributed by atoms with Gasteiger partial charge in [0.1, 0.15) is 5.75 Å². The lowest BCUT2D eigenvalue weighted by molar-refractivity contribution is -0.118. The number of carbonyl (C=O) groups excluding carboxylic acids is 2. The van der Waals surface area contributed by atoms with Gasteiger partial charge in [-0.3, -0.25) is 9.59 Å². The van der Waals surface area contributed by atoms with Gasteiger partial charge in [0.15, 0.2) is 6.61 Å². The van der Waals surface area contributed by atoms with Crippen LogP contribution in [0, 0.1) is 0 Å². The molecule has 0 radical (unpaired) electrons. The molecule has 0 fully saturated rings. The van der Waals surface area contributed by atoms with E-state index in [2.05, 4.69) is 24.5 Å². The highest BCUT2D eigenvalue weighted by atomic mass is 16.5. The molecule has 144 valence electrons. The first kappa shape index (κ1) is 20.5. The topological polar surface area (TPSA) is 67.4 Å². The number of benzene rings is 2. The minimum absolute atomic E-state index is 0.0369. The van der Waals surface area contributed by atoms with Crippen LogP contribution in [0.2, 0.25) is 0 Å². The number of hydrogen-bond donors (Lipinski definition) is 2. The second kappa shape index (κ2) is 10.4. The van der Waals surface area contributed by atoms with Crippen LogP contribution in [-0.4, -0.2) is 18.4 Å². The zero-order valence-electron chi connectivity index (χ0n) is 16.2. The first-order valence-corrected chi connectivity index (χ1v) is 9.44. The summed E-state index contributed by atoms with van der Waals surface area (Å²) in [5.74, 6) is 0.883. The van der Waals surface area contributed by atoms with Crippen molar-refractivity contribution in [2.75, 3.05) is 17.2 Å². The summed E-state index contributed by atoms with van der Waals surface area (Å²) in [5.41, 5.74) is 2.54. The number of hydrogen-bond acceptors (Lipinski definition) is 3. The van der Waals surface area contributed by atoms with Crippen molar-refractivity contribution in [3.05, 3.63) is 54.1 Å². The van der Waals surface area contributed by atoms with Gasteiger partial charge in [0.2, 0.25) is 5.91 Å². The molecule has 0 aromatic heterocycles. The second-order valence-electron chi connectivity index (χ2n) is 6.59. The van der Waals surface area contributed by atoms with Crippen LogP contribution in [0.15, 0.2) is 48.5 Å². The van der Waals surface area contributed by atoms with Gasteiger partial charge in [-0.2, -0.15) is 0 Å². The summed E-state index contributed by atoms with van der Waals surface area (Å²) in [4.78, 5) is 23.8. The summed E-state index contributed by atoms with van der Waals surface area (Å²) in [6.07, 6.45) is 2.35. The molecule has 0 aliphatic rings. The Bertz CT molecular complexity index is 756. The van der Waals surface area contributed by atoms with E-state index < -0.39 is 0 Å². The quantitative estimate of drug-likeness (QED) is 0.657. The molecule has 0 aliphatic carbocycles. The molecule has 27 heavy (non-hydrogen) atoms.